The molecule has 0 aliphatic carbocycles. The maximum absolute atomic E-state index is 5.54. The summed E-state index contributed by atoms with van der Waals surface area (Å²) in [6.45, 7) is 2.41. The molecular formula is C13H13N5O2. The minimum absolute atomic E-state index is 0.471. The van der Waals surface area contributed by atoms with Crippen LogP contribution < -0.4 is 9.47 Å². The van der Waals surface area contributed by atoms with E-state index in [9.17, 15) is 0 Å². The van der Waals surface area contributed by atoms with E-state index >= 15 is 0 Å². The molecule has 3 aromatic heterocycles. The number of pyridine rings is 1. The van der Waals surface area contributed by atoms with Gasteiger partial charge in [0.25, 0.3) is 0 Å². The Balaban J connectivity index is 2.12. The quantitative estimate of drug-likeness (QED) is 0.779. The number of imidazole rings is 1. The van der Waals surface area contributed by atoms with Crippen LogP contribution in [0.2, 0.25) is 0 Å². The molecule has 0 aliphatic heterocycles. The zero-order valence-electron chi connectivity index (χ0n) is 11.1. The number of hydrogen-bond acceptors (Lipinski definition) is 6. The molecule has 7 nitrogen and oxygen atoms in total. The first-order chi connectivity index (χ1) is 9.81. The van der Waals surface area contributed by atoms with Crippen molar-refractivity contribution in [3.63, 3.8) is 0 Å². The monoisotopic (exact) mass is 271 g/mol. The van der Waals surface area contributed by atoms with Crippen molar-refractivity contribution in [3.8, 4) is 23.1 Å². The van der Waals surface area contributed by atoms with Gasteiger partial charge in [-0.15, -0.1) is 0 Å². The molecule has 3 aromatic rings. The second-order valence-corrected chi connectivity index (χ2v) is 3.98. The number of rotatable bonds is 4. The third-order valence-corrected chi connectivity index (χ3v) is 2.74. The smallest absolute Gasteiger partial charge is 0.227 e. The normalized spacial score (nSPS) is 10.7. The molecule has 0 aliphatic rings. The number of nitrogens with zero attached hydrogens (tertiary/aromatic N) is 4. The van der Waals surface area contributed by atoms with Gasteiger partial charge < -0.3 is 14.5 Å². The Bertz CT molecular complexity index is 707. The zero-order chi connectivity index (χ0) is 13.9. The van der Waals surface area contributed by atoms with Crippen LogP contribution in [0.5, 0.6) is 11.8 Å². The molecule has 0 aromatic carbocycles. The molecule has 102 valence electrons. The highest BCUT2D eigenvalue weighted by atomic mass is 16.5. The van der Waals surface area contributed by atoms with Crippen molar-refractivity contribution >= 4 is 11.2 Å². The van der Waals surface area contributed by atoms with Crippen molar-refractivity contribution in [1.29, 1.82) is 0 Å². The van der Waals surface area contributed by atoms with Crippen LogP contribution in [0.25, 0.3) is 22.6 Å². The Labute approximate surface area is 115 Å². The third kappa shape index (κ3) is 2.13. The van der Waals surface area contributed by atoms with Gasteiger partial charge in [-0.3, -0.25) is 0 Å². The van der Waals surface area contributed by atoms with E-state index in [1.165, 1.54) is 6.33 Å². The van der Waals surface area contributed by atoms with E-state index in [-0.39, 0.29) is 0 Å². The molecule has 0 amide bonds. The fourth-order valence-corrected chi connectivity index (χ4v) is 1.85. The second-order valence-electron chi connectivity index (χ2n) is 3.98. The predicted octanol–water partition coefficient (Wildman–Crippen LogP) is 1.82. The van der Waals surface area contributed by atoms with E-state index in [0.717, 1.165) is 11.1 Å². The van der Waals surface area contributed by atoms with Crippen molar-refractivity contribution in [2.45, 2.75) is 6.92 Å². The highest BCUT2D eigenvalue weighted by Crippen LogP contribution is 2.29. The number of ether oxygens (including phenoxy) is 2. The summed E-state index contributed by atoms with van der Waals surface area (Å²) in [5.74, 6) is 1.60. The largest absolute Gasteiger partial charge is 0.481 e. The minimum Gasteiger partial charge on any atom is -0.481 e. The van der Waals surface area contributed by atoms with E-state index in [0.29, 0.717) is 29.8 Å². The molecule has 0 atom stereocenters. The highest BCUT2D eigenvalue weighted by Gasteiger charge is 2.14. The van der Waals surface area contributed by atoms with Crippen LogP contribution in [-0.2, 0) is 0 Å². The second kappa shape index (κ2) is 5.12. The number of H-pyrrole nitrogens is 1. The SMILES string of the molecule is CCOc1nc(OC)ccc1-c1nc2ncncc2[nH]1. The summed E-state index contributed by atoms with van der Waals surface area (Å²) < 4.78 is 10.6. The van der Waals surface area contributed by atoms with E-state index in [4.69, 9.17) is 9.47 Å². The maximum atomic E-state index is 5.54. The van der Waals surface area contributed by atoms with Gasteiger partial charge in [-0.05, 0) is 13.0 Å². The summed E-state index contributed by atoms with van der Waals surface area (Å²) in [5.41, 5.74) is 2.12. The highest BCUT2D eigenvalue weighted by molar-refractivity contribution is 5.76. The van der Waals surface area contributed by atoms with Crippen molar-refractivity contribution in [3.05, 3.63) is 24.7 Å². The molecule has 0 bridgehead atoms. The molecule has 0 radical (unpaired) electrons. The number of aromatic amines is 1. The third-order valence-electron chi connectivity index (χ3n) is 2.74. The molecule has 0 spiro atoms. The van der Waals surface area contributed by atoms with Gasteiger partial charge >= 0.3 is 0 Å². The Morgan fingerprint density at radius 3 is 2.90 bits per heavy atom. The average molecular weight is 271 g/mol. The number of aromatic nitrogens is 5. The van der Waals surface area contributed by atoms with E-state index in [1.807, 2.05) is 13.0 Å². The summed E-state index contributed by atoms with van der Waals surface area (Å²) >= 11 is 0. The lowest BCUT2D eigenvalue weighted by Gasteiger charge is -2.08. The van der Waals surface area contributed by atoms with Gasteiger partial charge in [-0.1, -0.05) is 0 Å². The molecule has 7 heteroatoms. The van der Waals surface area contributed by atoms with Crippen LogP contribution in [0.1, 0.15) is 6.92 Å². The first kappa shape index (κ1) is 12.3. The van der Waals surface area contributed by atoms with Gasteiger partial charge in [0.15, 0.2) is 5.65 Å². The van der Waals surface area contributed by atoms with Gasteiger partial charge in [-0.25, -0.2) is 15.0 Å². The summed E-state index contributed by atoms with van der Waals surface area (Å²) in [6.07, 6.45) is 3.14. The van der Waals surface area contributed by atoms with Crippen LogP contribution in [0.4, 0.5) is 0 Å². The molecule has 0 saturated carbocycles. The zero-order valence-corrected chi connectivity index (χ0v) is 11.1. The summed E-state index contributed by atoms with van der Waals surface area (Å²) in [5, 5.41) is 0. The summed E-state index contributed by atoms with van der Waals surface area (Å²) in [7, 11) is 1.56. The van der Waals surface area contributed by atoms with E-state index in [2.05, 4.69) is 24.9 Å². The Hall–Kier alpha value is -2.70. The molecule has 0 unspecified atom stereocenters. The predicted molar refractivity (Wildman–Crippen MR) is 72.6 cm³/mol. The lowest BCUT2D eigenvalue weighted by atomic mass is 10.2. The van der Waals surface area contributed by atoms with Crippen molar-refractivity contribution in [2.24, 2.45) is 0 Å². The number of methoxy groups -OCH3 is 1. The number of fused-ring (bicyclic) bond motifs is 1. The first-order valence-electron chi connectivity index (χ1n) is 6.15. The molecule has 3 heterocycles. The van der Waals surface area contributed by atoms with Crippen molar-refractivity contribution in [1.82, 2.24) is 24.9 Å². The molecule has 0 saturated heterocycles. The molecule has 20 heavy (non-hydrogen) atoms. The lowest BCUT2D eigenvalue weighted by molar-refractivity contribution is 0.317. The fraction of sp³-hybridized carbons (Fsp3) is 0.231. The Morgan fingerprint density at radius 1 is 1.25 bits per heavy atom. The van der Waals surface area contributed by atoms with Gasteiger partial charge in [0.2, 0.25) is 11.8 Å². The van der Waals surface area contributed by atoms with Crippen molar-refractivity contribution < 1.29 is 9.47 Å². The summed E-state index contributed by atoms with van der Waals surface area (Å²) in [4.78, 5) is 19.9. The first-order valence-corrected chi connectivity index (χ1v) is 6.15. The number of hydrogen-bond donors (Lipinski definition) is 1. The van der Waals surface area contributed by atoms with Crippen LogP contribution in [0.3, 0.4) is 0 Å². The maximum Gasteiger partial charge on any atom is 0.227 e. The van der Waals surface area contributed by atoms with Gasteiger partial charge in [0.1, 0.15) is 17.7 Å². The van der Waals surface area contributed by atoms with Crippen LogP contribution in [-0.4, -0.2) is 38.6 Å². The van der Waals surface area contributed by atoms with Gasteiger partial charge in [0, 0.05) is 6.07 Å². The standard InChI is InChI=1S/C13H13N5O2/c1-3-20-13-8(4-5-10(17-13)19-2)11-16-9-6-14-7-15-12(9)18-11/h4-7H,3H2,1-2H3,(H,14,15,16,18). The Kier molecular flexibility index (Phi) is 3.16. The van der Waals surface area contributed by atoms with Crippen molar-refractivity contribution in [2.75, 3.05) is 13.7 Å². The fourth-order valence-electron chi connectivity index (χ4n) is 1.85. The minimum atomic E-state index is 0.471. The number of nitrogens with one attached hydrogen (secondary N) is 1. The topological polar surface area (TPSA) is 85.8 Å². The van der Waals surface area contributed by atoms with Crippen LogP contribution in [0, 0.1) is 0 Å². The summed E-state index contributed by atoms with van der Waals surface area (Å²) in [6, 6.07) is 3.61. The van der Waals surface area contributed by atoms with Crippen LogP contribution in [0.15, 0.2) is 24.7 Å². The Morgan fingerprint density at radius 2 is 2.15 bits per heavy atom. The molecule has 3 rings (SSSR count). The van der Waals surface area contributed by atoms with E-state index in [1.54, 1.807) is 19.4 Å². The van der Waals surface area contributed by atoms with E-state index < -0.39 is 0 Å². The molecular weight excluding hydrogens is 258 g/mol. The molecule has 1 N–H and O–H groups in total. The van der Waals surface area contributed by atoms with Gasteiger partial charge in [-0.2, -0.15) is 4.98 Å². The average Bonchev–Trinajstić information content (AvgIpc) is 2.91. The molecule has 0 fully saturated rings. The van der Waals surface area contributed by atoms with Crippen LogP contribution >= 0.6 is 0 Å². The lowest BCUT2D eigenvalue weighted by Crippen LogP contribution is -1.99. The van der Waals surface area contributed by atoms with Gasteiger partial charge in [0.05, 0.1) is 25.5 Å².